The van der Waals surface area contributed by atoms with E-state index in [0.29, 0.717) is 0 Å². The molecule has 0 amide bonds. The lowest BCUT2D eigenvalue weighted by atomic mass is 9.81. The first-order valence-corrected chi connectivity index (χ1v) is 9.50. The summed E-state index contributed by atoms with van der Waals surface area (Å²) in [6.07, 6.45) is 2.75. The van der Waals surface area contributed by atoms with Gasteiger partial charge in [0.15, 0.2) is 0 Å². The van der Waals surface area contributed by atoms with E-state index in [0.717, 1.165) is 48.1 Å². The summed E-state index contributed by atoms with van der Waals surface area (Å²) in [5.41, 5.74) is 12.2. The van der Waals surface area contributed by atoms with Gasteiger partial charge in [-0.15, -0.1) is 0 Å². The Kier molecular flexibility index (Phi) is 5.17. The topological polar surface area (TPSA) is 53.0 Å². The van der Waals surface area contributed by atoms with Gasteiger partial charge in [-0.25, -0.2) is 0 Å². The van der Waals surface area contributed by atoms with Crippen molar-refractivity contribution in [2.45, 2.75) is 38.6 Å². The Bertz CT molecular complexity index is 814. The summed E-state index contributed by atoms with van der Waals surface area (Å²) in [6.45, 7) is 6.06. The molecule has 0 radical (unpaired) electrons. The third-order valence-corrected chi connectivity index (χ3v) is 6.14. The summed E-state index contributed by atoms with van der Waals surface area (Å²) in [5.74, 6) is 0. The van der Waals surface area contributed by atoms with E-state index < -0.39 is 0 Å². The Morgan fingerprint density at radius 1 is 1.16 bits per heavy atom. The number of benzene rings is 2. The highest BCUT2D eigenvalue weighted by molar-refractivity contribution is 9.10. The summed E-state index contributed by atoms with van der Waals surface area (Å²) in [6, 6.07) is 14.6. The molecule has 2 aromatic carbocycles. The molecule has 130 valence electrons. The van der Waals surface area contributed by atoms with Gasteiger partial charge in [0.05, 0.1) is 11.3 Å². The number of hydrogen-bond acceptors (Lipinski definition) is 3. The zero-order valence-corrected chi connectivity index (χ0v) is 16.4. The molecule has 25 heavy (non-hydrogen) atoms. The lowest BCUT2D eigenvalue weighted by molar-refractivity contribution is 0.330. The van der Waals surface area contributed by atoms with Crippen LogP contribution in [-0.2, 0) is 6.42 Å². The number of para-hydroxylation sites is 1. The quantitative estimate of drug-likeness (QED) is 0.830. The molecule has 0 saturated carbocycles. The van der Waals surface area contributed by atoms with Crippen LogP contribution in [0.5, 0.6) is 0 Å². The van der Waals surface area contributed by atoms with Crippen molar-refractivity contribution in [3.8, 4) is 6.07 Å². The molecule has 0 spiro atoms. The van der Waals surface area contributed by atoms with E-state index in [1.807, 2.05) is 24.3 Å². The second-order valence-corrected chi connectivity index (χ2v) is 8.04. The zero-order valence-electron chi connectivity index (χ0n) is 14.8. The van der Waals surface area contributed by atoms with E-state index in [1.165, 1.54) is 16.7 Å². The van der Waals surface area contributed by atoms with Gasteiger partial charge in [-0.1, -0.05) is 34.1 Å². The number of piperidine rings is 1. The highest BCUT2D eigenvalue weighted by Gasteiger charge is 2.32. The van der Waals surface area contributed by atoms with Crippen molar-refractivity contribution in [3.05, 3.63) is 63.1 Å². The number of aryl methyl sites for hydroxylation is 2. The molecular formula is C21H24BrN3. The van der Waals surface area contributed by atoms with E-state index in [9.17, 15) is 5.26 Å². The van der Waals surface area contributed by atoms with Gasteiger partial charge in [-0.2, -0.15) is 5.26 Å². The summed E-state index contributed by atoms with van der Waals surface area (Å²) >= 11 is 3.64. The van der Waals surface area contributed by atoms with Gasteiger partial charge >= 0.3 is 0 Å². The molecule has 3 nitrogen and oxygen atoms in total. The summed E-state index contributed by atoms with van der Waals surface area (Å²) in [7, 11) is 0. The maximum absolute atomic E-state index is 9.32. The number of nitriles is 1. The largest absolute Gasteiger partial charge is 0.370 e. The molecule has 0 atom stereocenters. The Morgan fingerprint density at radius 2 is 1.84 bits per heavy atom. The monoisotopic (exact) mass is 397 g/mol. The Morgan fingerprint density at radius 3 is 2.52 bits per heavy atom. The molecular weight excluding hydrogens is 374 g/mol. The predicted octanol–water partition coefficient (Wildman–Crippen LogP) is 4.48. The van der Waals surface area contributed by atoms with Gasteiger partial charge in [0.1, 0.15) is 6.07 Å². The lowest BCUT2D eigenvalue weighted by Gasteiger charge is -2.41. The van der Waals surface area contributed by atoms with Crippen molar-refractivity contribution in [3.63, 3.8) is 0 Å². The van der Waals surface area contributed by atoms with Crippen LogP contribution < -0.4 is 10.6 Å². The third kappa shape index (κ3) is 3.89. The average molecular weight is 398 g/mol. The first-order valence-electron chi connectivity index (χ1n) is 8.70. The lowest BCUT2D eigenvalue weighted by Crippen LogP contribution is -2.52. The smallest absolute Gasteiger partial charge is 0.101 e. The van der Waals surface area contributed by atoms with Crippen molar-refractivity contribution >= 4 is 21.6 Å². The Hall–Kier alpha value is -1.83. The molecule has 0 unspecified atom stereocenters. The maximum atomic E-state index is 9.32. The minimum Gasteiger partial charge on any atom is -0.370 e. The van der Waals surface area contributed by atoms with Crippen LogP contribution in [0.15, 0.2) is 40.9 Å². The van der Waals surface area contributed by atoms with Gasteiger partial charge in [-0.05, 0) is 68.0 Å². The van der Waals surface area contributed by atoms with Crippen LogP contribution in [0, 0.1) is 25.2 Å². The molecule has 0 aromatic heterocycles. The fraction of sp³-hybridized carbons (Fsp3) is 0.381. The molecule has 0 bridgehead atoms. The van der Waals surface area contributed by atoms with Crippen LogP contribution in [-0.4, -0.2) is 18.6 Å². The van der Waals surface area contributed by atoms with Crippen LogP contribution in [0.25, 0.3) is 0 Å². The molecule has 1 heterocycles. The highest BCUT2D eigenvalue weighted by Crippen LogP contribution is 2.31. The predicted molar refractivity (Wildman–Crippen MR) is 107 cm³/mol. The van der Waals surface area contributed by atoms with Gasteiger partial charge in [0, 0.05) is 23.1 Å². The van der Waals surface area contributed by atoms with Crippen LogP contribution in [0.2, 0.25) is 0 Å². The number of halogens is 1. The van der Waals surface area contributed by atoms with Gasteiger partial charge in [-0.3, -0.25) is 0 Å². The Labute approximate surface area is 158 Å². The van der Waals surface area contributed by atoms with E-state index in [4.69, 9.17) is 5.73 Å². The van der Waals surface area contributed by atoms with Crippen molar-refractivity contribution in [2.24, 2.45) is 5.73 Å². The summed E-state index contributed by atoms with van der Waals surface area (Å²) < 4.78 is 1.15. The van der Waals surface area contributed by atoms with Crippen molar-refractivity contribution < 1.29 is 0 Å². The number of hydrogen-bond donors (Lipinski definition) is 1. The first-order chi connectivity index (χ1) is 11.9. The van der Waals surface area contributed by atoms with E-state index >= 15 is 0 Å². The van der Waals surface area contributed by atoms with Crippen molar-refractivity contribution in [2.75, 3.05) is 18.0 Å². The van der Waals surface area contributed by atoms with Crippen LogP contribution in [0.3, 0.4) is 0 Å². The van der Waals surface area contributed by atoms with Crippen LogP contribution in [0.1, 0.15) is 35.1 Å². The standard InChI is InChI=1S/C21H24BrN3/c1-15-11-16(2)19(22)12-18(15)13-21(24)7-9-25(10-8-21)20-6-4-3-5-17(20)14-23/h3-6,11-12H,7-10,13,24H2,1-2H3. The number of rotatable bonds is 3. The normalized spacial score (nSPS) is 16.5. The van der Waals surface area contributed by atoms with Gasteiger partial charge in [0.25, 0.3) is 0 Å². The minimum atomic E-state index is -0.183. The molecule has 0 aliphatic carbocycles. The molecule has 1 fully saturated rings. The van der Waals surface area contributed by atoms with Crippen LogP contribution in [0.4, 0.5) is 5.69 Å². The number of nitrogens with zero attached hydrogens (tertiary/aromatic N) is 2. The second-order valence-electron chi connectivity index (χ2n) is 7.18. The van der Waals surface area contributed by atoms with Crippen LogP contribution >= 0.6 is 15.9 Å². The highest BCUT2D eigenvalue weighted by atomic mass is 79.9. The minimum absolute atomic E-state index is 0.183. The van der Waals surface area contributed by atoms with Gasteiger partial charge in [0.2, 0.25) is 0 Å². The molecule has 2 aromatic rings. The maximum Gasteiger partial charge on any atom is 0.101 e. The first kappa shape index (κ1) is 18.0. The number of anilines is 1. The third-order valence-electron chi connectivity index (χ3n) is 5.28. The summed E-state index contributed by atoms with van der Waals surface area (Å²) in [5, 5.41) is 9.32. The molecule has 3 rings (SSSR count). The SMILES string of the molecule is Cc1cc(C)c(CC2(N)CCN(c3ccccc3C#N)CC2)cc1Br. The fourth-order valence-corrected chi connectivity index (χ4v) is 4.04. The molecule has 1 saturated heterocycles. The zero-order chi connectivity index (χ0) is 18.0. The van der Waals surface area contributed by atoms with Crippen molar-refractivity contribution in [1.29, 1.82) is 5.26 Å². The molecule has 1 aliphatic rings. The average Bonchev–Trinajstić information content (AvgIpc) is 2.60. The molecule has 2 N–H and O–H groups in total. The fourth-order valence-electron chi connectivity index (χ4n) is 3.65. The summed E-state index contributed by atoms with van der Waals surface area (Å²) in [4.78, 5) is 2.29. The number of nitrogens with two attached hydrogens (primary N) is 1. The Balaban J connectivity index is 1.73. The second kappa shape index (κ2) is 7.19. The molecule has 4 heteroatoms. The molecule has 1 aliphatic heterocycles. The van der Waals surface area contributed by atoms with E-state index in [1.54, 1.807) is 0 Å². The van der Waals surface area contributed by atoms with E-state index in [2.05, 4.69) is 52.9 Å². The van der Waals surface area contributed by atoms with E-state index in [-0.39, 0.29) is 5.54 Å². The van der Waals surface area contributed by atoms with Crippen molar-refractivity contribution in [1.82, 2.24) is 0 Å². The van der Waals surface area contributed by atoms with Gasteiger partial charge < -0.3 is 10.6 Å².